The summed E-state index contributed by atoms with van der Waals surface area (Å²) in [4.78, 5) is 12.4. The predicted molar refractivity (Wildman–Crippen MR) is 80.7 cm³/mol. The van der Waals surface area contributed by atoms with Gasteiger partial charge in [0.1, 0.15) is 5.75 Å². The van der Waals surface area contributed by atoms with Crippen molar-refractivity contribution in [2.24, 2.45) is 0 Å². The van der Waals surface area contributed by atoms with Gasteiger partial charge in [0, 0.05) is 12.6 Å². The maximum Gasteiger partial charge on any atom is 0.343 e. The Bertz CT molecular complexity index is 673. The molecule has 0 saturated heterocycles. The molecular formula is C15H15NO4S. The van der Waals surface area contributed by atoms with E-state index in [2.05, 4.69) is 4.72 Å². The van der Waals surface area contributed by atoms with Crippen molar-refractivity contribution in [3.63, 3.8) is 0 Å². The van der Waals surface area contributed by atoms with Gasteiger partial charge in [-0.2, -0.15) is 0 Å². The highest BCUT2D eigenvalue weighted by Gasteiger charge is 2.24. The summed E-state index contributed by atoms with van der Waals surface area (Å²) in [5.74, 6) is -0.179. The lowest BCUT2D eigenvalue weighted by molar-refractivity contribution is 0.0734. The first kappa shape index (κ1) is 14.1. The van der Waals surface area contributed by atoms with Gasteiger partial charge in [-0.15, -0.1) is 10.8 Å². The minimum atomic E-state index is -3.01. The quantitative estimate of drug-likeness (QED) is 0.587. The van der Waals surface area contributed by atoms with E-state index >= 15 is 0 Å². The van der Waals surface area contributed by atoms with Crippen LogP contribution in [-0.2, 0) is 6.42 Å². The number of rotatable bonds is 2. The van der Waals surface area contributed by atoms with Crippen LogP contribution in [-0.4, -0.2) is 21.6 Å². The number of carbonyl (C=O) groups is 1. The first-order chi connectivity index (χ1) is 10.1. The first-order valence-corrected chi connectivity index (χ1v) is 8.04. The molecule has 0 fully saturated rings. The number of esters is 1. The van der Waals surface area contributed by atoms with Crippen molar-refractivity contribution in [2.45, 2.75) is 11.3 Å². The summed E-state index contributed by atoms with van der Waals surface area (Å²) >= 11 is 0. The van der Waals surface area contributed by atoms with E-state index in [0.717, 1.165) is 5.56 Å². The molecule has 0 bridgehead atoms. The number of fused-ring (bicyclic) bond motifs is 1. The molecule has 2 aromatic rings. The molecule has 0 spiro atoms. The molecule has 0 amide bonds. The average Bonchev–Trinajstić information content (AvgIpc) is 2.48. The molecule has 0 aliphatic carbocycles. The Labute approximate surface area is 124 Å². The molecule has 0 atom stereocenters. The molecule has 2 aromatic carbocycles. The van der Waals surface area contributed by atoms with Crippen LogP contribution in [0.5, 0.6) is 5.75 Å². The van der Waals surface area contributed by atoms with Gasteiger partial charge in [0.25, 0.3) is 0 Å². The number of benzene rings is 2. The van der Waals surface area contributed by atoms with Crippen LogP contribution in [0.15, 0.2) is 53.4 Å². The molecule has 3 rings (SSSR count). The molecule has 110 valence electrons. The molecule has 3 N–H and O–H groups in total. The van der Waals surface area contributed by atoms with Crippen LogP contribution in [0.25, 0.3) is 0 Å². The van der Waals surface area contributed by atoms with Crippen LogP contribution in [0.1, 0.15) is 15.9 Å². The fourth-order valence-corrected chi connectivity index (χ4v) is 3.57. The molecule has 1 aliphatic heterocycles. The average molecular weight is 305 g/mol. The summed E-state index contributed by atoms with van der Waals surface area (Å²) in [6, 6.07) is 13.6. The molecule has 6 heteroatoms. The van der Waals surface area contributed by atoms with Gasteiger partial charge in [0.05, 0.1) is 10.5 Å². The predicted octanol–water partition coefficient (Wildman–Crippen LogP) is 3.08. The highest BCUT2D eigenvalue weighted by molar-refractivity contribution is 8.22. The maximum atomic E-state index is 12.0. The normalized spacial score (nSPS) is 17.6. The van der Waals surface area contributed by atoms with E-state index in [1.54, 1.807) is 36.4 Å². The molecule has 5 nitrogen and oxygen atoms in total. The number of ether oxygens (including phenoxy) is 1. The van der Waals surface area contributed by atoms with E-state index in [4.69, 9.17) is 4.74 Å². The van der Waals surface area contributed by atoms with E-state index < -0.39 is 16.7 Å². The highest BCUT2D eigenvalue weighted by Crippen LogP contribution is 2.49. The summed E-state index contributed by atoms with van der Waals surface area (Å²) in [7, 11) is -3.01. The number of hydrogen-bond donors (Lipinski definition) is 3. The van der Waals surface area contributed by atoms with Gasteiger partial charge < -0.3 is 4.74 Å². The van der Waals surface area contributed by atoms with Crippen molar-refractivity contribution in [3.05, 3.63) is 59.7 Å². The van der Waals surface area contributed by atoms with Gasteiger partial charge in [0.15, 0.2) is 0 Å². The van der Waals surface area contributed by atoms with Gasteiger partial charge >= 0.3 is 5.97 Å². The standard InChI is InChI=1S/C15H15NO4S/c17-15(12-4-2-1-3-5-12)20-13-7-6-11-8-9-16-21(18,19)14(11)10-13/h1-7,10,16,18-19H,8-9H2. The van der Waals surface area contributed by atoms with E-state index in [9.17, 15) is 13.9 Å². The van der Waals surface area contributed by atoms with Gasteiger partial charge in [-0.1, -0.05) is 24.3 Å². The van der Waals surface area contributed by atoms with Crippen LogP contribution >= 0.6 is 10.8 Å². The fraction of sp³-hybridized carbons (Fsp3) is 0.133. The molecule has 1 heterocycles. The molecule has 0 saturated carbocycles. The smallest absolute Gasteiger partial charge is 0.343 e. The van der Waals surface area contributed by atoms with Gasteiger partial charge in [0.2, 0.25) is 0 Å². The third-order valence-corrected chi connectivity index (χ3v) is 4.86. The van der Waals surface area contributed by atoms with Gasteiger partial charge in [-0.05, 0) is 30.2 Å². The van der Waals surface area contributed by atoms with Crippen molar-refractivity contribution in [3.8, 4) is 5.75 Å². The molecule has 1 aliphatic rings. The largest absolute Gasteiger partial charge is 0.423 e. The maximum absolute atomic E-state index is 12.0. The van der Waals surface area contributed by atoms with Crippen molar-refractivity contribution >= 4 is 16.7 Å². The Morgan fingerprint density at radius 1 is 1.14 bits per heavy atom. The fourth-order valence-electron chi connectivity index (χ4n) is 2.22. The minimum absolute atomic E-state index is 0.297. The van der Waals surface area contributed by atoms with Crippen molar-refractivity contribution in [2.75, 3.05) is 6.54 Å². The lowest BCUT2D eigenvalue weighted by Crippen LogP contribution is -2.28. The zero-order valence-electron chi connectivity index (χ0n) is 11.2. The second-order valence-corrected chi connectivity index (χ2v) is 6.54. The summed E-state index contributed by atoms with van der Waals surface area (Å²) in [6.45, 7) is 0.512. The van der Waals surface area contributed by atoms with Crippen molar-refractivity contribution in [1.29, 1.82) is 0 Å². The van der Waals surface area contributed by atoms with Crippen LogP contribution < -0.4 is 9.46 Å². The lowest BCUT2D eigenvalue weighted by Gasteiger charge is -2.38. The van der Waals surface area contributed by atoms with Crippen LogP contribution in [0, 0.1) is 0 Å². The Morgan fingerprint density at radius 2 is 1.90 bits per heavy atom. The number of hydrogen-bond acceptors (Lipinski definition) is 5. The molecule has 21 heavy (non-hydrogen) atoms. The third kappa shape index (κ3) is 2.93. The zero-order chi connectivity index (χ0) is 14.9. The van der Waals surface area contributed by atoms with E-state index in [1.165, 1.54) is 6.07 Å². The van der Waals surface area contributed by atoms with Gasteiger partial charge in [-0.25, -0.2) is 9.52 Å². The highest BCUT2D eigenvalue weighted by atomic mass is 32.3. The van der Waals surface area contributed by atoms with Crippen LogP contribution in [0.2, 0.25) is 0 Å². The number of nitrogens with one attached hydrogen (secondary N) is 1. The van der Waals surface area contributed by atoms with Crippen LogP contribution in [0.4, 0.5) is 0 Å². The molecular weight excluding hydrogens is 290 g/mol. The lowest BCUT2D eigenvalue weighted by atomic mass is 10.1. The molecule has 0 unspecified atom stereocenters. The van der Waals surface area contributed by atoms with E-state index in [-0.39, 0.29) is 0 Å². The summed E-state index contributed by atoms with van der Waals surface area (Å²) in [5, 5.41) is 0. The van der Waals surface area contributed by atoms with Crippen molar-refractivity contribution < 1.29 is 18.6 Å². The SMILES string of the molecule is O=C(Oc1ccc2c(c1)S(O)(O)NCC2)c1ccccc1. The second kappa shape index (κ2) is 5.50. The van der Waals surface area contributed by atoms with Gasteiger partial charge in [-0.3, -0.25) is 9.11 Å². The zero-order valence-corrected chi connectivity index (χ0v) is 12.0. The van der Waals surface area contributed by atoms with E-state index in [0.29, 0.717) is 29.2 Å². The number of carbonyl (C=O) groups excluding carboxylic acids is 1. The Morgan fingerprint density at radius 3 is 2.67 bits per heavy atom. The molecule has 0 aromatic heterocycles. The Hall–Kier alpha value is -1.86. The summed E-state index contributed by atoms with van der Waals surface area (Å²) in [6.07, 6.45) is 0.706. The monoisotopic (exact) mass is 305 g/mol. The molecule has 0 radical (unpaired) electrons. The van der Waals surface area contributed by atoms with Crippen molar-refractivity contribution in [1.82, 2.24) is 4.72 Å². The Kier molecular flexibility index (Phi) is 3.69. The second-order valence-electron chi connectivity index (χ2n) is 4.72. The Balaban J connectivity index is 1.86. The third-order valence-electron chi connectivity index (χ3n) is 3.26. The first-order valence-electron chi connectivity index (χ1n) is 6.49. The minimum Gasteiger partial charge on any atom is -0.423 e. The van der Waals surface area contributed by atoms with E-state index in [1.807, 2.05) is 6.07 Å². The van der Waals surface area contributed by atoms with Crippen LogP contribution in [0.3, 0.4) is 0 Å². The topological polar surface area (TPSA) is 78.8 Å². The summed E-state index contributed by atoms with van der Waals surface area (Å²) < 4.78 is 27.9. The summed E-state index contributed by atoms with van der Waals surface area (Å²) in [5.41, 5.74) is 1.30.